The summed E-state index contributed by atoms with van der Waals surface area (Å²) in [5.41, 5.74) is 0. The number of hydrogen-bond acceptors (Lipinski definition) is 3. The van der Waals surface area contributed by atoms with E-state index < -0.39 is 0 Å². The molecule has 2 rings (SSSR count). The summed E-state index contributed by atoms with van der Waals surface area (Å²) in [6, 6.07) is -0.528. The van der Waals surface area contributed by atoms with Crippen molar-refractivity contribution in [2.24, 2.45) is 5.92 Å². The van der Waals surface area contributed by atoms with Crippen LogP contribution in [0.1, 0.15) is 32.6 Å². The minimum atomic E-state index is -0.273. The molecule has 2 unspecified atom stereocenters. The van der Waals surface area contributed by atoms with Gasteiger partial charge in [-0.2, -0.15) is 0 Å². The molecule has 2 aliphatic rings. The Morgan fingerprint density at radius 3 is 2.53 bits per heavy atom. The zero-order chi connectivity index (χ0) is 14.0. The summed E-state index contributed by atoms with van der Waals surface area (Å²) in [4.78, 5) is 28.5. The maximum Gasteiger partial charge on any atom is 0.246 e. The van der Waals surface area contributed by atoms with Crippen LogP contribution < -0.4 is 5.32 Å². The smallest absolute Gasteiger partial charge is 0.246 e. The molecule has 2 amide bonds. The minimum absolute atomic E-state index is 0.0313. The SMILES string of the molecule is CCC1C(=O)NC(C2CC2)C(=O)N1CCCN(C)C. The Balaban J connectivity index is 2.00. The summed E-state index contributed by atoms with van der Waals surface area (Å²) >= 11 is 0. The fourth-order valence-electron chi connectivity index (χ4n) is 2.76. The van der Waals surface area contributed by atoms with Gasteiger partial charge < -0.3 is 15.1 Å². The largest absolute Gasteiger partial charge is 0.342 e. The van der Waals surface area contributed by atoms with E-state index in [-0.39, 0.29) is 23.9 Å². The van der Waals surface area contributed by atoms with Gasteiger partial charge in [0.05, 0.1) is 0 Å². The molecule has 1 saturated carbocycles. The summed E-state index contributed by atoms with van der Waals surface area (Å²) in [5, 5.41) is 2.92. The van der Waals surface area contributed by atoms with E-state index in [1.54, 1.807) is 0 Å². The Kier molecular flexibility index (Phi) is 4.45. The standard InChI is InChI=1S/C14H25N3O2/c1-4-11-13(18)15-12(10-6-7-10)14(19)17(11)9-5-8-16(2)3/h10-12H,4-9H2,1-3H3,(H,15,18). The van der Waals surface area contributed by atoms with Crippen molar-refractivity contribution < 1.29 is 9.59 Å². The van der Waals surface area contributed by atoms with Crippen LogP contribution in [0.5, 0.6) is 0 Å². The van der Waals surface area contributed by atoms with Gasteiger partial charge >= 0.3 is 0 Å². The number of amides is 2. The van der Waals surface area contributed by atoms with Gasteiger partial charge in [-0.25, -0.2) is 0 Å². The number of hydrogen-bond donors (Lipinski definition) is 1. The maximum absolute atomic E-state index is 12.5. The normalized spacial score (nSPS) is 27.9. The van der Waals surface area contributed by atoms with Crippen molar-refractivity contribution >= 4 is 11.8 Å². The highest BCUT2D eigenvalue weighted by molar-refractivity contribution is 5.97. The minimum Gasteiger partial charge on any atom is -0.342 e. The molecule has 1 heterocycles. The van der Waals surface area contributed by atoms with Crippen molar-refractivity contribution in [3.8, 4) is 0 Å². The van der Waals surface area contributed by atoms with Crippen molar-refractivity contribution in [3.63, 3.8) is 0 Å². The van der Waals surface area contributed by atoms with Crippen LogP contribution in [-0.2, 0) is 9.59 Å². The summed E-state index contributed by atoms with van der Waals surface area (Å²) in [7, 11) is 4.05. The van der Waals surface area contributed by atoms with E-state index in [4.69, 9.17) is 0 Å². The highest BCUT2D eigenvalue weighted by Crippen LogP contribution is 2.35. The second-order valence-electron chi connectivity index (χ2n) is 5.94. The Labute approximate surface area is 115 Å². The zero-order valence-corrected chi connectivity index (χ0v) is 12.2. The van der Waals surface area contributed by atoms with Crippen LogP contribution in [0.4, 0.5) is 0 Å². The lowest BCUT2D eigenvalue weighted by atomic mass is 10.0. The van der Waals surface area contributed by atoms with Crippen molar-refractivity contribution in [3.05, 3.63) is 0 Å². The Morgan fingerprint density at radius 1 is 1.32 bits per heavy atom. The molecular formula is C14H25N3O2. The zero-order valence-electron chi connectivity index (χ0n) is 12.2. The molecule has 0 aromatic rings. The molecule has 2 atom stereocenters. The van der Waals surface area contributed by atoms with Crippen LogP contribution >= 0.6 is 0 Å². The molecule has 5 heteroatoms. The van der Waals surface area contributed by atoms with E-state index in [1.807, 2.05) is 25.9 Å². The monoisotopic (exact) mass is 267 g/mol. The summed E-state index contributed by atoms with van der Waals surface area (Å²) in [5.74, 6) is 0.544. The third-order valence-electron chi connectivity index (χ3n) is 4.01. The van der Waals surface area contributed by atoms with E-state index in [9.17, 15) is 9.59 Å². The van der Waals surface area contributed by atoms with Gasteiger partial charge in [0.15, 0.2) is 0 Å². The highest BCUT2D eigenvalue weighted by Gasteiger charge is 2.45. The number of nitrogens with one attached hydrogen (secondary N) is 1. The van der Waals surface area contributed by atoms with Gasteiger partial charge in [-0.05, 0) is 52.2 Å². The average Bonchev–Trinajstić information content (AvgIpc) is 3.17. The second-order valence-corrected chi connectivity index (χ2v) is 5.94. The first-order valence-corrected chi connectivity index (χ1v) is 7.30. The molecule has 1 N–H and O–H groups in total. The second kappa shape index (κ2) is 5.90. The van der Waals surface area contributed by atoms with E-state index >= 15 is 0 Å². The topological polar surface area (TPSA) is 52.7 Å². The molecule has 0 spiro atoms. The van der Waals surface area contributed by atoms with Gasteiger partial charge in [-0.15, -0.1) is 0 Å². The van der Waals surface area contributed by atoms with Crippen LogP contribution in [0, 0.1) is 5.92 Å². The third kappa shape index (κ3) is 3.26. The van der Waals surface area contributed by atoms with E-state index in [1.165, 1.54) is 0 Å². The van der Waals surface area contributed by atoms with Crippen LogP contribution in [0.25, 0.3) is 0 Å². The first-order chi connectivity index (χ1) is 9.04. The maximum atomic E-state index is 12.5. The molecule has 5 nitrogen and oxygen atoms in total. The van der Waals surface area contributed by atoms with Crippen molar-refractivity contribution in [1.82, 2.24) is 15.1 Å². The molecule has 1 aliphatic heterocycles. The predicted molar refractivity (Wildman–Crippen MR) is 73.6 cm³/mol. The fourth-order valence-corrected chi connectivity index (χ4v) is 2.76. The van der Waals surface area contributed by atoms with Crippen LogP contribution in [0.2, 0.25) is 0 Å². The molecule has 0 bridgehead atoms. The molecule has 0 aromatic heterocycles. The van der Waals surface area contributed by atoms with E-state index in [2.05, 4.69) is 10.2 Å². The Hall–Kier alpha value is -1.10. The van der Waals surface area contributed by atoms with Crippen molar-refractivity contribution in [1.29, 1.82) is 0 Å². The van der Waals surface area contributed by atoms with Gasteiger partial charge in [-0.1, -0.05) is 6.92 Å². The summed E-state index contributed by atoms with van der Waals surface area (Å²) in [6.45, 7) is 3.59. The predicted octanol–water partition coefficient (Wildman–Crippen LogP) is 0.454. The van der Waals surface area contributed by atoms with Gasteiger partial charge in [0, 0.05) is 6.54 Å². The quantitative estimate of drug-likeness (QED) is 0.760. The number of nitrogens with zero attached hydrogens (tertiary/aromatic N) is 2. The van der Waals surface area contributed by atoms with Crippen LogP contribution in [0.15, 0.2) is 0 Å². The lowest BCUT2D eigenvalue weighted by Gasteiger charge is -2.39. The number of carbonyl (C=O) groups is 2. The number of carbonyl (C=O) groups excluding carboxylic acids is 2. The number of piperazine rings is 1. The van der Waals surface area contributed by atoms with Gasteiger partial charge in [0.1, 0.15) is 12.1 Å². The van der Waals surface area contributed by atoms with Crippen LogP contribution in [0.3, 0.4) is 0 Å². The van der Waals surface area contributed by atoms with E-state index in [0.29, 0.717) is 18.9 Å². The lowest BCUT2D eigenvalue weighted by Crippen LogP contribution is -2.64. The molecule has 0 radical (unpaired) electrons. The average molecular weight is 267 g/mol. The Bertz CT molecular complexity index is 353. The molecule has 108 valence electrons. The van der Waals surface area contributed by atoms with Crippen molar-refractivity contribution in [2.75, 3.05) is 27.2 Å². The highest BCUT2D eigenvalue weighted by atomic mass is 16.2. The lowest BCUT2D eigenvalue weighted by molar-refractivity contribution is -0.150. The third-order valence-corrected chi connectivity index (χ3v) is 4.01. The molecule has 1 aliphatic carbocycles. The molecule has 0 aromatic carbocycles. The summed E-state index contributed by atoms with van der Waals surface area (Å²) < 4.78 is 0. The molecule has 19 heavy (non-hydrogen) atoms. The first-order valence-electron chi connectivity index (χ1n) is 7.30. The van der Waals surface area contributed by atoms with E-state index in [0.717, 1.165) is 25.8 Å². The molecule has 1 saturated heterocycles. The van der Waals surface area contributed by atoms with Crippen molar-refractivity contribution in [2.45, 2.75) is 44.7 Å². The molecular weight excluding hydrogens is 242 g/mol. The molecule has 2 fully saturated rings. The van der Waals surface area contributed by atoms with Crippen LogP contribution in [-0.4, -0.2) is 60.9 Å². The fraction of sp³-hybridized carbons (Fsp3) is 0.857. The van der Waals surface area contributed by atoms with Gasteiger partial charge in [0.2, 0.25) is 11.8 Å². The summed E-state index contributed by atoms with van der Waals surface area (Å²) in [6.07, 6.45) is 3.74. The first kappa shape index (κ1) is 14.3. The van der Waals surface area contributed by atoms with Gasteiger partial charge in [0.25, 0.3) is 0 Å². The Morgan fingerprint density at radius 2 is 2.00 bits per heavy atom. The number of rotatable bonds is 6. The van der Waals surface area contributed by atoms with Gasteiger partial charge in [-0.3, -0.25) is 9.59 Å².